The monoisotopic (exact) mass is 385 g/mol. The van der Waals surface area contributed by atoms with E-state index in [0.29, 0.717) is 0 Å². The summed E-state index contributed by atoms with van der Waals surface area (Å²) in [5, 5.41) is 16.5. The summed E-state index contributed by atoms with van der Waals surface area (Å²) in [6.45, 7) is -0.0971. The van der Waals surface area contributed by atoms with E-state index in [2.05, 4.69) is 5.10 Å². The summed E-state index contributed by atoms with van der Waals surface area (Å²) >= 11 is 0. The van der Waals surface area contributed by atoms with Crippen LogP contribution in [0.5, 0.6) is 0 Å². The molecule has 1 aliphatic heterocycles. The molecule has 1 saturated heterocycles. The van der Waals surface area contributed by atoms with Crippen LogP contribution in [0.1, 0.15) is 12.8 Å². The molecule has 1 aromatic rings. The van der Waals surface area contributed by atoms with Crippen LogP contribution in [0.15, 0.2) is 6.20 Å². The summed E-state index contributed by atoms with van der Waals surface area (Å²) in [6, 6.07) is -1.40. The van der Waals surface area contributed by atoms with Crippen molar-refractivity contribution in [2.45, 2.75) is 31.5 Å². The first-order valence-corrected chi connectivity index (χ1v) is 7.59. The van der Waals surface area contributed by atoms with E-state index >= 15 is 0 Å². The Bertz CT molecular complexity index is 678. The molecule has 1 amide bonds. The van der Waals surface area contributed by atoms with Crippen molar-refractivity contribution in [2.75, 3.05) is 18.0 Å². The van der Waals surface area contributed by atoms with Crippen molar-refractivity contribution in [2.24, 2.45) is 13.0 Å². The van der Waals surface area contributed by atoms with Gasteiger partial charge in [0.05, 0.1) is 4.92 Å². The Morgan fingerprint density at radius 3 is 2.54 bits per heavy atom. The smallest absolute Gasteiger partial charge is 0.351 e. The lowest BCUT2D eigenvalue weighted by Gasteiger charge is -2.25. The van der Waals surface area contributed by atoms with Gasteiger partial charge in [0.1, 0.15) is 6.20 Å². The van der Waals surface area contributed by atoms with Gasteiger partial charge in [-0.1, -0.05) is 0 Å². The zero-order valence-electron chi connectivity index (χ0n) is 13.5. The van der Waals surface area contributed by atoms with Gasteiger partial charge in [0.25, 0.3) is 0 Å². The summed E-state index contributed by atoms with van der Waals surface area (Å²) < 4.78 is 65.0. The Kier molecular flexibility index (Phi) is 5.66. The SMILES string of the molecule is Cn1ncc([N+](=O)[O-])c1N1CCC(C(F)F)[C@H](NC(=O)C(F)(F)F)CC1. The van der Waals surface area contributed by atoms with Crippen molar-refractivity contribution >= 4 is 17.4 Å². The van der Waals surface area contributed by atoms with Crippen LogP contribution >= 0.6 is 0 Å². The molecule has 8 nitrogen and oxygen atoms in total. The first-order chi connectivity index (χ1) is 12.0. The number of halogens is 5. The molecule has 2 rings (SSSR count). The van der Waals surface area contributed by atoms with E-state index in [9.17, 15) is 36.9 Å². The van der Waals surface area contributed by atoms with Crippen molar-refractivity contribution < 1.29 is 31.7 Å². The summed E-state index contributed by atoms with van der Waals surface area (Å²) in [6.07, 6.45) is -7.59. The van der Waals surface area contributed by atoms with Gasteiger partial charge < -0.3 is 10.2 Å². The molecule has 1 N–H and O–H groups in total. The van der Waals surface area contributed by atoms with Gasteiger partial charge in [0.2, 0.25) is 12.2 Å². The number of hydrogen-bond acceptors (Lipinski definition) is 5. The number of hydrogen-bond donors (Lipinski definition) is 1. The van der Waals surface area contributed by atoms with Gasteiger partial charge in [-0.3, -0.25) is 14.9 Å². The first-order valence-electron chi connectivity index (χ1n) is 7.59. The fourth-order valence-electron chi connectivity index (χ4n) is 2.98. The predicted octanol–water partition coefficient (Wildman–Crippen LogP) is 1.86. The number of amides is 1. The average Bonchev–Trinajstić information content (AvgIpc) is 2.78. The highest BCUT2D eigenvalue weighted by Gasteiger charge is 2.43. The summed E-state index contributed by atoms with van der Waals surface area (Å²) in [5.74, 6) is -3.71. The molecule has 26 heavy (non-hydrogen) atoms. The third kappa shape index (κ3) is 4.19. The van der Waals surface area contributed by atoms with Crippen molar-refractivity contribution in [3.05, 3.63) is 16.3 Å². The minimum atomic E-state index is -5.18. The summed E-state index contributed by atoms with van der Waals surface area (Å²) in [7, 11) is 1.43. The van der Waals surface area contributed by atoms with E-state index in [0.717, 1.165) is 6.20 Å². The second-order valence-electron chi connectivity index (χ2n) is 5.87. The lowest BCUT2D eigenvalue weighted by atomic mass is 9.95. The second-order valence-corrected chi connectivity index (χ2v) is 5.87. The van der Waals surface area contributed by atoms with Crippen LogP contribution in [0.2, 0.25) is 0 Å². The lowest BCUT2D eigenvalue weighted by molar-refractivity contribution is -0.384. The third-order valence-corrected chi connectivity index (χ3v) is 4.24. The summed E-state index contributed by atoms with van der Waals surface area (Å²) in [5.41, 5.74) is -0.334. The Morgan fingerprint density at radius 2 is 2.00 bits per heavy atom. The number of aromatic nitrogens is 2. The van der Waals surface area contributed by atoms with E-state index in [1.54, 1.807) is 5.32 Å². The van der Waals surface area contributed by atoms with Gasteiger partial charge in [0.15, 0.2) is 0 Å². The minimum Gasteiger partial charge on any atom is -0.351 e. The maximum Gasteiger partial charge on any atom is 0.471 e. The molecule has 13 heteroatoms. The molecule has 1 aliphatic rings. The number of rotatable bonds is 4. The number of carbonyl (C=O) groups excluding carboxylic acids is 1. The van der Waals surface area contributed by atoms with E-state index in [1.807, 2.05) is 0 Å². The van der Waals surface area contributed by atoms with E-state index in [1.165, 1.54) is 16.6 Å². The number of anilines is 1. The van der Waals surface area contributed by atoms with Gasteiger partial charge >= 0.3 is 17.8 Å². The number of nitrogens with zero attached hydrogens (tertiary/aromatic N) is 4. The molecule has 0 aromatic carbocycles. The van der Waals surface area contributed by atoms with Gasteiger partial charge in [-0.2, -0.15) is 18.3 Å². The van der Waals surface area contributed by atoms with Crippen molar-refractivity contribution in [1.82, 2.24) is 15.1 Å². The van der Waals surface area contributed by atoms with Crippen LogP contribution in [0, 0.1) is 16.0 Å². The molecule has 0 spiro atoms. The van der Waals surface area contributed by atoms with Gasteiger partial charge in [0, 0.05) is 32.1 Å². The molecule has 1 unspecified atom stereocenters. The van der Waals surface area contributed by atoms with E-state index in [4.69, 9.17) is 0 Å². The third-order valence-electron chi connectivity index (χ3n) is 4.24. The van der Waals surface area contributed by atoms with Crippen molar-refractivity contribution in [1.29, 1.82) is 0 Å². The number of carbonyl (C=O) groups is 1. The van der Waals surface area contributed by atoms with Gasteiger partial charge in [-0.05, 0) is 12.8 Å². The maximum atomic E-state index is 13.3. The standard InChI is InChI=1S/C13H16F5N5O3/c1-21-11(9(6-19-21)23(25)26)22-4-2-7(10(14)15)8(3-5-22)20-12(24)13(16,17)18/h6-8,10H,2-5H2,1H3,(H,20,24)/t7?,8-/m1/s1. The predicted molar refractivity (Wildman–Crippen MR) is 78.8 cm³/mol. The van der Waals surface area contributed by atoms with Crippen LogP contribution < -0.4 is 10.2 Å². The Balaban J connectivity index is 2.23. The normalized spacial score (nSPS) is 21.6. The zero-order chi connectivity index (χ0) is 19.6. The van der Waals surface area contributed by atoms with Crippen LogP contribution in [0.4, 0.5) is 33.5 Å². The molecule has 0 aliphatic carbocycles. The minimum absolute atomic E-state index is 0.0478. The highest BCUT2D eigenvalue weighted by atomic mass is 19.4. The Morgan fingerprint density at radius 1 is 1.38 bits per heavy atom. The van der Waals surface area contributed by atoms with Crippen LogP contribution in [-0.2, 0) is 11.8 Å². The molecule has 146 valence electrons. The topological polar surface area (TPSA) is 93.3 Å². The zero-order valence-corrected chi connectivity index (χ0v) is 13.5. The van der Waals surface area contributed by atoms with Crippen molar-refractivity contribution in [3.8, 4) is 0 Å². The molecule has 2 atom stereocenters. The van der Waals surface area contributed by atoms with Crippen LogP contribution in [0.3, 0.4) is 0 Å². The molecule has 1 aromatic heterocycles. The van der Waals surface area contributed by atoms with Gasteiger partial charge in [-0.25, -0.2) is 13.5 Å². The molecule has 0 radical (unpaired) electrons. The fraction of sp³-hybridized carbons (Fsp3) is 0.692. The van der Waals surface area contributed by atoms with Gasteiger partial charge in [-0.15, -0.1) is 0 Å². The Labute approximate surface area is 144 Å². The van der Waals surface area contributed by atoms with E-state index in [-0.39, 0.29) is 37.4 Å². The van der Waals surface area contributed by atoms with Crippen LogP contribution in [0.25, 0.3) is 0 Å². The summed E-state index contributed by atoms with van der Waals surface area (Å²) in [4.78, 5) is 22.9. The lowest BCUT2D eigenvalue weighted by Crippen LogP contribution is -2.48. The molecule has 2 heterocycles. The molecule has 1 fully saturated rings. The number of nitro groups is 1. The Hall–Kier alpha value is -2.47. The molecule has 0 bridgehead atoms. The maximum absolute atomic E-state index is 13.3. The molecule has 0 saturated carbocycles. The largest absolute Gasteiger partial charge is 0.471 e. The first kappa shape index (κ1) is 19.8. The quantitative estimate of drug-likeness (QED) is 0.485. The molecular formula is C13H16F5N5O3. The second kappa shape index (κ2) is 7.41. The number of aryl methyl sites for hydroxylation is 1. The highest BCUT2D eigenvalue weighted by molar-refractivity contribution is 5.82. The molecular weight excluding hydrogens is 369 g/mol. The van der Waals surface area contributed by atoms with E-state index < -0.39 is 35.4 Å². The number of nitrogens with one attached hydrogen (secondary N) is 1. The average molecular weight is 385 g/mol. The number of alkyl halides is 5. The van der Waals surface area contributed by atoms with Crippen molar-refractivity contribution in [3.63, 3.8) is 0 Å². The fourth-order valence-corrected chi connectivity index (χ4v) is 2.98. The van der Waals surface area contributed by atoms with Crippen LogP contribution in [-0.4, -0.2) is 52.3 Å². The highest BCUT2D eigenvalue weighted by Crippen LogP contribution is 2.32.